The summed E-state index contributed by atoms with van der Waals surface area (Å²) in [6.07, 6.45) is 0.887. The Hall–Kier alpha value is -2.51. The molecule has 1 atom stereocenters. The van der Waals surface area contributed by atoms with E-state index in [1.807, 2.05) is 28.5 Å². The molecule has 0 bridgehead atoms. The molecular weight excluding hydrogens is 412 g/mol. The van der Waals surface area contributed by atoms with E-state index in [4.69, 9.17) is 25.6 Å². The molecule has 3 aromatic rings. The molecule has 29 heavy (non-hydrogen) atoms. The number of carbonyl (C=O) groups is 1. The number of rotatable bonds is 5. The van der Waals surface area contributed by atoms with Crippen molar-refractivity contribution in [1.82, 2.24) is 10.1 Å². The average molecular weight is 433 g/mol. The zero-order valence-corrected chi connectivity index (χ0v) is 18.0. The van der Waals surface area contributed by atoms with E-state index in [0.717, 1.165) is 22.4 Å². The highest BCUT2D eigenvalue weighted by Crippen LogP contribution is 2.42. The van der Waals surface area contributed by atoms with Gasteiger partial charge in [0.2, 0.25) is 11.1 Å². The number of thiophene rings is 1. The number of hydrogen-bond donors (Lipinski definition) is 0. The molecule has 0 radical (unpaired) electrons. The largest absolute Gasteiger partial charge is 0.493 e. The monoisotopic (exact) mass is 432 g/mol. The molecule has 8 heteroatoms. The van der Waals surface area contributed by atoms with E-state index < -0.39 is 0 Å². The zero-order valence-electron chi connectivity index (χ0n) is 16.4. The van der Waals surface area contributed by atoms with Gasteiger partial charge >= 0.3 is 0 Å². The Morgan fingerprint density at radius 1 is 1.34 bits per heavy atom. The van der Waals surface area contributed by atoms with Crippen molar-refractivity contribution in [3.05, 3.63) is 62.1 Å². The first-order chi connectivity index (χ1) is 14.0. The normalized spacial score (nSPS) is 15.9. The summed E-state index contributed by atoms with van der Waals surface area (Å²) in [7, 11) is 3.25. The van der Waals surface area contributed by atoms with Crippen LogP contribution in [0.1, 0.15) is 33.3 Å². The molecule has 0 unspecified atom stereocenters. The number of amides is 1. The Bertz CT molecular complexity index is 1010. The number of ether oxygens (including phenoxy) is 2. The molecule has 1 amide bonds. The first-order valence-electron chi connectivity index (χ1n) is 9.21. The number of carbonyl (C=O) groups excluding carboxylic acids is 1. The van der Waals surface area contributed by atoms with Crippen molar-refractivity contribution in [2.24, 2.45) is 0 Å². The lowest BCUT2D eigenvalue weighted by atomic mass is 9.90. The van der Waals surface area contributed by atoms with Crippen molar-refractivity contribution in [3.8, 4) is 11.5 Å². The Morgan fingerprint density at radius 2 is 2.10 bits per heavy atom. The quantitative estimate of drug-likeness (QED) is 0.596. The molecule has 4 rings (SSSR count). The SMILES string of the molecule is COc1cc2c(cc1OC)[C@@H](c1cccs1)N(C(=O)Cc1c(C)noc1Cl)CC2. The number of halogens is 1. The second-order valence-corrected chi connectivity index (χ2v) is 8.18. The molecule has 3 heterocycles. The maximum absolute atomic E-state index is 13.3. The Balaban J connectivity index is 1.75. The minimum atomic E-state index is -0.190. The summed E-state index contributed by atoms with van der Waals surface area (Å²) < 4.78 is 16.0. The van der Waals surface area contributed by atoms with Gasteiger partial charge in [-0.3, -0.25) is 4.79 Å². The predicted octanol–water partition coefficient (Wildman–Crippen LogP) is 4.43. The number of methoxy groups -OCH3 is 2. The molecule has 1 aromatic carbocycles. The van der Waals surface area contributed by atoms with E-state index in [1.54, 1.807) is 32.5 Å². The summed E-state index contributed by atoms with van der Waals surface area (Å²) >= 11 is 7.72. The van der Waals surface area contributed by atoms with Crippen LogP contribution in [-0.2, 0) is 17.6 Å². The predicted molar refractivity (Wildman–Crippen MR) is 111 cm³/mol. The number of aromatic nitrogens is 1. The summed E-state index contributed by atoms with van der Waals surface area (Å²) in [5.74, 6) is 1.33. The molecule has 0 spiro atoms. The summed E-state index contributed by atoms with van der Waals surface area (Å²) in [4.78, 5) is 16.3. The van der Waals surface area contributed by atoms with Gasteiger partial charge in [0, 0.05) is 17.0 Å². The number of aryl methyl sites for hydroxylation is 1. The lowest BCUT2D eigenvalue weighted by molar-refractivity contribution is -0.132. The van der Waals surface area contributed by atoms with Gasteiger partial charge in [-0.2, -0.15) is 0 Å². The van der Waals surface area contributed by atoms with Crippen LogP contribution < -0.4 is 9.47 Å². The van der Waals surface area contributed by atoms with Crippen LogP contribution in [0.15, 0.2) is 34.2 Å². The second-order valence-electron chi connectivity index (χ2n) is 6.86. The van der Waals surface area contributed by atoms with Crippen LogP contribution in [0, 0.1) is 6.92 Å². The Kier molecular flexibility index (Phi) is 5.52. The van der Waals surface area contributed by atoms with E-state index in [-0.39, 0.29) is 23.6 Å². The fourth-order valence-corrected chi connectivity index (χ4v) is 4.87. The molecule has 152 valence electrons. The van der Waals surface area contributed by atoms with Crippen LogP contribution in [0.3, 0.4) is 0 Å². The first-order valence-corrected chi connectivity index (χ1v) is 10.5. The standard InChI is InChI=1S/C21H21ClN2O4S/c1-12-14(21(22)28-23-12)11-19(25)24-7-6-13-9-16(26-2)17(27-3)10-15(13)20(24)18-5-4-8-29-18/h4-5,8-10,20H,6-7,11H2,1-3H3/t20-/m0/s1. The summed E-state index contributed by atoms with van der Waals surface area (Å²) in [5.41, 5.74) is 3.49. The highest BCUT2D eigenvalue weighted by Gasteiger charge is 2.34. The van der Waals surface area contributed by atoms with Gasteiger partial charge in [-0.15, -0.1) is 11.3 Å². The summed E-state index contributed by atoms with van der Waals surface area (Å²) in [6.45, 7) is 2.39. The van der Waals surface area contributed by atoms with Crippen molar-refractivity contribution in [2.75, 3.05) is 20.8 Å². The van der Waals surface area contributed by atoms with Crippen molar-refractivity contribution in [2.45, 2.75) is 25.8 Å². The minimum Gasteiger partial charge on any atom is -0.493 e. The van der Waals surface area contributed by atoms with E-state index in [0.29, 0.717) is 29.3 Å². The van der Waals surface area contributed by atoms with Gasteiger partial charge in [0.1, 0.15) is 0 Å². The van der Waals surface area contributed by atoms with Crippen LogP contribution in [0.2, 0.25) is 5.22 Å². The molecule has 6 nitrogen and oxygen atoms in total. The minimum absolute atomic E-state index is 0.0166. The molecule has 0 saturated carbocycles. The molecule has 0 fully saturated rings. The van der Waals surface area contributed by atoms with Gasteiger partial charge in [-0.1, -0.05) is 11.2 Å². The number of fused-ring (bicyclic) bond motifs is 1. The lowest BCUT2D eigenvalue weighted by Crippen LogP contribution is -2.41. The molecule has 0 N–H and O–H groups in total. The van der Waals surface area contributed by atoms with Gasteiger partial charge in [-0.25, -0.2) is 0 Å². The molecular formula is C21H21ClN2O4S. The van der Waals surface area contributed by atoms with Gasteiger partial charge in [0.25, 0.3) is 0 Å². The van der Waals surface area contributed by atoms with Crippen molar-refractivity contribution in [3.63, 3.8) is 0 Å². The van der Waals surface area contributed by atoms with Crippen LogP contribution in [0.4, 0.5) is 0 Å². The van der Waals surface area contributed by atoms with Gasteiger partial charge in [-0.05, 0) is 59.7 Å². The van der Waals surface area contributed by atoms with Gasteiger partial charge in [0.05, 0.1) is 32.4 Å². The van der Waals surface area contributed by atoms with Crippen LogP contribution in [-0.4, -0.2) is 36.7 Å². The third kappa shape index (κ3) is 3.60. The smallest absolute Gasteiger partial charge is 0.229 e. The average Bonchev–Trinajstić information content (AvgIpc) is 3.37. The third-order valence-corrected chi connectivity index (χ3v) is 6.49. The second kappa shape index (κ2) is 8.08. The fourth-order valence-electron chi connectivity index (χ4n) is 3.78. The van der Waals surface area contributed by atoms with E-state index in [2.05, 4.69) is 11.2 Å². The lowest BCUT2D eigenvalue weighted by Gasteiger charge is -2.37. The number of nitrogens with zero attached hydrogens (tertiary/aromatic N) is 2. The number of hydrogen-bond acceptors (Lipinski definition) is 6. The van der Waals surface area contributed by atoms with Crippen molar-refractivity contribution in [1.29, 1.82) is 0 Å². The molecule has 0 saturated heterocycles. The van der Waals surface area contributed by atoms with Gasteiger partial charge in [0.15, 0.2) is 11.5 Å². The molecule has 1 aliphatic rings. The third-order valence-electron chi connectivity index (χ3n) is 5.27. The Labute approximate surface area is 178 Å². The van der Waals surface area contributed by atoms with Crippen LogP contribution in [0.5, 0.6) is 11.5 Å². The van der Waals surface area contributed by atoms with Crippen LogP contribution in [0.25, 0.3) is 0 Å². The summed E-state index contributed by atoms with van der Waals surface area (Å²) in [5, 5.41) is 6.05. The Morgan fingerprint density at radius 3 is 2.72 bits per heavy atom. The molecule has 0 aliphatic carbocycles. The maximum atomic E-state index is 13.3. The highest BCUT2D eigenvalue weighted by atomic mass is 35.5. The van der Waals surface area contributed by atoms with E-state index in [9.17, 15) is 4.79 Å². The highest BCUT2D eigenvalue weighted by molar-refractivity contribution is 7.10. The van der Waals surface area contributed by atoms with Crippen molar-refractivity contribution >= 4 is 28.8 Å². The van der Waals surface area contributed by atoms with Crippen LogP contribution >= 0.6 is 22.9 Å². The maximum Gasteiger partial charge on any atom is 0.229 e. The topological polar surface area (TPSA) is 64.8 Å². The van der Waals surface area contributed by atoms with Crippen molar-refractivity contribution < 1.29 is 18.8 Å². The van der Waals surface area contributed by atoms with Gasteiger partial charge < -0.3 is 18.9 Å². The summed E-state index contributed by atoms with van der Waals surface area (Å²) in [6, 6.07) is 7.86. The molecule has 2 aromatic heterocycles. The number of benzene rings is 1. The van der Waals surface area contributed by atoms with E-state index >= 15 is 0 Å². The zero-order chi connectivity index (χ0) is 20.5. The van der Waals surface area contributed by atoms with E-state index in [1.165, 1.54) is 0 Å². The molecule has 1 aliphatic heterocycles. The fraction of sp³-hybridized carbons (Fsp3) is 0.333. The first kappa shape index (κ1) is 19.8.